The lowest BCUT2D eigenvalue weighted by atomic mass is 10.0. The van der Waals surface area contributed by atoms with Crippen LogP contribution in [-0.4, -0.2) is 32.4 Å². The van der Waals surface area contributed by atoms with Crippen LogP contribution in [0.1, 0.15) is 27.2 Å². The van der Waals surface area contributed by atoms with E-state index in [1.807, 2.05) is 28.8 Å². The zero-order chi connectivity index (χ0) is 13.0. The summed E-state index contributed by atoms with van der Waals surface area (Å²) >= 11 is 1.73. The molecule has 0 amide bonds. The predicted octanol–water partition coefficient (Wildman–Crippen LogP) is 2.60. The van der Waals surface area contributed by atoms with Gasteiger partial charge in [-0.15, -0.1) is 10.2 Å². The number of thioether (sulfide) groups is 1. The van der Waals surface area contributed by atoms with E-state index in [1.54, 1.807) is 11.8 Å². The van der Waals surface area contributed by atoms with E-state index in [1.165, 1.54) is 0 Å². The molecule has 0 unspecified atom stereocenters. The summed E-state index contributed by atoms with van der Waals surface area (Å²) in [6, 6.07) is 5.94. The normalized spacial score (nSPS) is 12.2. The summed E-state index contributed by atoms with van der Waals surface area (Å²) in [6.45, 7) is 7.63. The molecule has 0 aliphatic carbocycles. The standard InChI is InChI=1S/C13H20N4S/c1-4-13(2,3)14-8-10-18-12-16-15-11-7-5-6-9-17(11)12/h5-7,9,14H,4,8,10H2,1-3H3. The van der Waals surface area contributed by atoms with Crippen molar-refractivity contribution in [2.24, 2.45) is 0 Å². The van der Waals surface area contributed by atoms with Gasteiger partial charge in [0.1, 0.15) is 0 Å². The molecule has 0 atom stereocenters. The van der Waals surface area contributed by atoms with Crippen LogP contribution in [-0.2, 0) is 0 Å². The Morgan fingerprint density at radius 1 is 1.33 bits per heavy atom. The minimum atomic E-state index is 0.216. The van der Waals surface area contributed by atoms with Gasteiger partial charge < -0.3 is 5.32 Å². The molecule has 0 saturated carbocycles. The van der Waals surface area contributed by atoms with Crippen LogP contribution in [0.4, 0.5) is 0 Å². The number of fused-ring (bicyclic) bond motifs is 1. The molecule has 0 aromatic carbocycles. The molecule has 0 aliphatic heterocycles. The lowest BCUT2D eigenvalue weighted by Crippen LogP contribution is -2.39. The summed E-state index contributed by atoms with van der Waals surface area (Å²) in [7, 11) is 0. The van der Waals surface area contributed by atoms with Crippen molar-refractivity contribution in [3.63, 3.8) is 0 Å². The maximum absolute atomic E-state index is 4.20. The quantitative estimate of drug-likeness (QED) is 0.643. The molecule has 0 aliphatic rings. The van der Waals surface area contributed by atoms with Crippen molar-refractivity contribution in [1.82, 2.24) is 19.9 Å². The number of aromatic nitrogens is 3. The third-order valence-corrected chi connectivity index (χ3v) is 4.05. The van der Waals surface area contributed by atoms with Gasteiger partial charge in [0.15, 0.2) is 10.8 Å². The van der Waals surface area contributed by atoms with E-state index in [0.29, 0.717) is 0 Å². The van der Waals surface area contributed by atoms with Gasteiger partial charge in [-0.1, -0.05) is 24.8 Å². The monoisotopic (exact) mass is 264 g/mol. The van der Waals surface area contributed by atoms with E-state index in [0.717, 1.165) is 29.5 Å². The summed E-state index contributed by atoms with van der Waals surface area (Å²) < 4.78 is 2.02. The predicted molar refractivity (Wildman–Crippen MR) is 76.1 cm³/mol. The summed E-state index contributed by atoms with van der Waals surface area (Å²) in [6.07, 6.45) is 3.13. The van der Waals surface area contributed by atoms with Crippen molar-refractivity contribution >= 4 is 17.4 Å². The maximum atomic E-state index is 4.20. The Morgan fingerprint density at radius 3 is 2.94 bits per heavy atom. The summed E-state index contributed by atoms with van der Waals surface area (Å²) in [5, 5.41) is 12.8. The molecule has 4 nitrogen and oxygen atoms in total. The minimum absolute atomic E-state index is 0.216. The van der Waals surface area contributed by atoms with Crippen molar-refractivity contribution in [2.75, 3.05) is 12.3 Å². The lowest BCUT2D eigenvalue weighted by molar-refractivity contribution is 0.388. The number of hydrogen-bond donors (Lipinski definition) is 1. The Bertz CT molecular complexity index is 506. The number of pyridine rings is 1. The summed E-state index contributed by atoms with van der Waals surface area (Å²) in [5.74, 6) is 0.999. The van der Waals surface area contributed by atoms with Crippen molar-refractivity contribution in [3.05, 3.63) is 24.4 Å². The average Bonchev–Trinajstić information content (AvgIpc) is 2.78. The minimum Gasteiger partial charge on any atom is -0.311 e. The molecule has 1 N–H and O–H groups in total. The molecular formula is C13H20N4S. The van der Waals surface area contributed by atoms with E-state index in [2.05, 4.69) is 36.3 Å². The second-order valence-electron chi connectivity index (χ2n) is 4.92. The highest BCUT2D eigenvalue weighted by atomic mass is 32.2. The SMILES string of the molecule is CCC(C)(C)NCCSc1nnc2ccccn12. The molecule has 0 bridgehead atoms. The molecule has 2 aromatic heterocycles. The number of nitrogens with zero attached hydrogens (tertiary/aromatic N) is 3. The van der Waals surface area contributed by atoms with Crippen LogP contribution < -0.4 is 5.32 Å². The molecule has 2 aromatic rings. The largest absolute Gasteiger partial charge is 0.311 e. The van der Waals surface area contributed by atoms with Gasteiger partial charge in [0.2, 0.25) is 0 Å². The van der Waals surface area contributed by atoms with E-state index >= 15 is 0 Å². The Labute approximate surface area is 112 Å². The van der Waals surface area contributed by atoms with Crippen LogP contribution in [0.25, 0.3) is 5.65 Å². The first kappa shape index (κ1) is 13.4. The van der Waals surface area contributed by atoms with Gasteiger partial charge >= 0.3 is 0 Å². The third kappa shape index (κ3) is 3.23. The van der Waals surface area contributed by atoms with E-state index in [4.69, 9.17) is 0 Å². The van der Waals surface area contributed by atoms with Crippen molar-refractivity contribution < 1.29 is 0 Å². The molecule has 0 radical (unpaired) electrons. The molecule has 2 heterocycles. The van der Waals surface area contributed by atoms with Crippen molar-refractivity contribution in [3.8, 4) is 0 Å². The zero-order valence-corrected chi connectivity index (χ0v) is 12.0. The molecular weight excluding hydrogens is 244 g/mol. The Kier molecular flexibility index (Phi) is 4.24. The Morgan fingerprint density at radius 2 is 2.17 bits per heavy atom. The fraction of sp³-hybridized carbons (Fsp3) is 0.538. The Hall–Kier alpha value is -1.07. The third-order valence-electron chi connectivity index (χ3n) is 3.10. The second-order valence-corrected chi connectivity index (χ2v) is 5.99. The summed E-state index contributed by atoms with van der Waals surface area (Å²) in [4.78, 5) is 0. The topological polar surface area (TPSA) is 42.2 Å². The van der Waals surface area contributed by atoms with Crippen LogP contribution in [0, 0.1) is 0 Å². The van der Waals surface area contributed by atoms with Crippen LogP contribution in [0.3, 0.4) is 0 Å². The molecule has 18 heavy (non-hydrogen) atoms. The molecule has 0 fully saturated rings. The van der Waals surface area contributed by atoms with Gasteiger partial charge in [-0.2, -0.15) is 0 Å². The van der Waals surface area contributed by atoms with Crippen LogP contribution in [0.5, 0.6) is 0 Å². The van der Waals surface area contributed by atoms with Gasteiger partial charge in [0, 0.05) is 24.0 Å². The fourth-order valence-corrected chi connectivity index (χ4v) is 2.35. The van der Waals surface area contributed by atoms with Gasteiger partial charge in [0.25, 0.3) is 0 Å². The van der Waals surface area contributed by atoms with Gasteiger partial charge in [0.05, 0.1) is 0 Å². The first-order chi connectivity index (χ1) is 8.62. The highest BCUT2D eigenvalue weighted by Gasteiger charge is 2.13. The smallest absolute Gasteiger partial charge is 0.195 e. The van der Waals surface area contributed by atoms with E-state index in [-0.39, 0.29) is 5.54 Å². The first-order valence-electron chi connectivity index (χ1n) is 6.30. The molecule has 0 saturated heterocycles. The molecule has 5 heteroatoms. The summed E-state index contributed by atoms with van der Waals surface area (Å²) in [5.41, 5.74) is 1.12. The number of nitrogens with one attached hydrogen (secondary N) is 1. The number of hydrogen-bond acceptors (Lipinski definition) is 4. The van der Waals surface area contributed by atoms with Crippen LogP contribution in [0.2, 0.25) is 0 Å². The highest BCUT2D eigenvalue weighted by Crippen LogP contribution is 2.16. The van der Waals surface area contributed by atoms with Crippen molar-refractivity contribution in [1.29, 1.82) is 0 Å². The van der Waals surface area contributed by atoms with Crippen LogP contribution >= 0.6 is 11.8 Å². The fourth-order valence-electron chi connectivity index (χ4n) is 1.57. The highest BCUT2D eigenvalue weighted by molar-refractivity contribution is 7.99. The Balaban J connectivity index is 1.87. The van der Waals surface area contributed by atoms with Crippen LogP contribution in [0.15, 0.2) is 29.6 Å². The zero-order valence-electron chi connectivity index (χ0n) is 11.2. The van der Waals surface area contributed by atoms with E-state index < -0.39 is 0 Å². The second kappa shape index (κ2) is 5.71. The van der Waals surface area contributed by atoms with E-state index in [9.17, 15) is 0 Å². The van der Waals surface area contributed by atoms with Gasteiger partial charge in [-0.3, -0.25) is 4.40 Å². The number of rotatable bonds is 6. The molecule has 98 valence electrons. The van der Waals surface area contributed by atoms with Crippen molar-refractivity contribution in [2.45, 2.75) is 37.9 Å². The molecule has 2 rings (SSSR count). The lowest BCUT2D eigenvalue weighted by Gasteiger charge is -2.24. The average molecular weight is 264 g/mol. The van der Waals surface area contributed by atoms with Gasteiger partial charge in [-0.05, 0) is 32.4 Å². The molecule has 0 spiro atoms. The maximum Gasteiger partial charge on any atom is 0.195 e. The first-order valence-corrected chi connectivity index (χ1v) is 7.28. The van der Waals surface area contributed by atoms with Gasteiger partial charge in [-0.25, -0.2) is 0 Å².